The van der Waals surface area contributed by atoms with Crippen molar-refractivity contribution in [1.82, 2.24) is 20.2 Å². The molecule has 1 aliphatic heterocycles. The number of imidazole rings is 1. The minimum absolute atomic E-state index is 0. The first-order valence-corrected chi connectivity index (χ1v) is 10.1. The number of halogens is 1. The van der Waals surface area contributed by atoms with E-state index in [2.05, 4.69) is 44.9 Å². The molecule has 9 heteroatoms. The van der Waals surface area contributed by atoms with E-state index in [-0.39, 0.29) is 41.5 Å². The monoisotopic (exact) mass is 489 g/mol. The van der Waals surface area contributed by atoms with E-state index in [4.69, 9.17) is 0 Å². The minimum atomic E-state index is -2.89. The summed E-state index contributed by atoms with van der Waals surface area (Å²) in [6.07, 6.45) is 6.14. The fourth-order valence-corrected chi connectivity index (χ4v) is 4.51. The van der Waals surface area contributed by atoms with Crippen LogP contribution in [-0.2, 0) is 22.9 Å². The molecule has 1 unspecified atom stereocenters. The van der Waals surface area contributed by atoms with Crippen molar-refractivity contribution in [2.75, 3.05) is 18.6 Å². The zero-order valence-electron chi connectivity index (χ0n) is 14.6. The lowest BCUT2D eigenvalue weighted by Crippen LogP contribution is -2.43. The van der Waals surface area contributed by atoms with Crippen LogP contribution in [0, 0.1) is 0 Å². The molecule has 0 amide bonds. The van der Waals surface area contributed by atoms with Gasteiger partial charge in [-0.25, -0.2) is 13.4 Å². The van der Waals surface area contributed by atoms with Gasteiger partial charge in [0.25, 0.3) is 0 Å². The summed E-state index contributed by atoms with van der Waals surface area (Å²) in [5.74, 6) is 1.06. The summed E-state index contributed by atoms with van der Waals surface area (Å²) in [7, 11) is -1.21. The molecule has 2 aromatic rings. The van der Waals surface area contributed by atoms with E-state index in [0.717, 1.165) is 12.1 Å². The van der Waals surface area contributed by atoms with Crippen molar-refractivity contribution in [3.63, 3.8) is 0 Å². The second-order valence-corrected chi connectivity index (χ2v) is 8.45. The molecule has 142 valence electrons. The van der Waals surface area contributed by atoms with E-state index in [1.165, 1.54) is 5.56 Å². The Hall–Kier alpha value is -1.62. The molecule has 0 saturated carbocycles. The van der Waals surface area contributed by atoms with E-state index in [9.17, 15) is 8.42 Å². The van der Waals surface area contributed by atoms with Gasteiger partial charge in [0, 0.05) is 38.6 Å². The van der Waals surface area contributed by atoms with Crippen LogP contribution in [0.3, 0.4) is 0 Å². The van der Waals surface area contributed by atoms with Gasteiger partial charge in [0.05, 0.1) is 17.8 Å². The fraction of sp³-hybridized carbons (Fsp3) is 0.412. The lowest BCUT2D eigenvalue weighted by Gasteiger charge is -2.16. The number of aliphatic imine (C=N–C) groups is 1. The van der Waals surface area contributed by atoms with Crippen molar-refractivity contribution < 1.29 is 8.42 Å². The number of hydrogen-bond donors (Lipinski definition) is 2. The molecule has 1 saturated heterocycles. The van der Waals surface area contributed by atoms with Crippen LogP contribution in [0.2, 0.25) is 0 Å². The van der Waals surface area contributed by atoms with Crippen molar-refractivity contribution >= 4 is 39.8 Å². The molecule has 3 rings (SSSR count). The number of hydrogen-bond acceptors (Lipinski definition) is 4. The maximum atomic E-state index is 11.5. The van der Waals surface area contributed by atoms with E-state index < -0.39 is 9.84 Å². The highest BCUT2D eigenvalue weighted by atomic mass is 127. The standard InChI is InChI=1S/C17H23N5O2S.HI/c1-18-17(21-16-6-9-25(23,24)12-16)20-10-14-2-4-15(5-3-14)11-22-8-7-19-13-22;/h2-5,7-8,13,16H,6,9-12H2,1H3,(H2,18,20,21);1H. The molecule has 0 spiro atoms. The molecule has 2 N–H and O–H groups in total. The Bertz CT molecular complexity index is 819. The van der Waals surface area contributed by atoms with Gasteiger partial charge in [-0.2, -0.15) is 0 Å². The van der Waals surface area contributed by atoms with Crippen LogP contribution in [0.25, 0.3) is 0 Å². The number of benzene rings is 1. The van der Waals surface area contributed by atoms with E-state index in [0.29, 0.717) is 18.9 Å². The van der Waals surface area contributed by atoms with Gasteiger partial charge in [-0.1, -0.05) is 24.3 Å². The quantitative estimate of drug-likeness (QED) is 0.377. The lowest BCUT2D eigenvalue weighted by atomic mass is 10.1. The van der Waals surface area contributed by atoms with E-state index >= 15 is 0 Å². The molecule has 1 aromatic carbocycles. The molecule has 26 heavy (non-hydrogen) atoms. The molecule has 1 aliphatic rings. The summed E-state index contributed by atoms with van der Waals surface area (Å²) in [6, 6.07) is 8.28. The summed E-state index contributed by atoms with van der Waals surface area (Å²) >= 11 is 0. The molecular formula is C17H24IN5O2S. The molecule has 7 nitrogen and oxygen atoms in total. The van der Waals surface area contributed by atoms with Gasteiger partial charge in [0.2, 0.25) is 0 Å². The number of guanidine groups is 1. The third kappa shape index (κ3) is 5.97. The average Bonchev–Trinajstić information content (AvgIpc) is 3.22. The zero-order chi connectivity index (χ0) is 17.7. The normalized spacial score (nSPS) is 19.0. The molecule has 2 heterocycles. The van der Waals surface area contributed by atoms with Gasteiger partial charge in [-0.05, 0) is 17.5 Å². The molecule has 0 bridgehead atoms. The van der Waals surface area contributed by atoms with Crippen LogP contribution in [-0.4, -0.2) is 48.5 Å². The van der Waals surface area contributed by atoms with Crippen LogP contribution in [0.5, 0.6) is 0 Å². The Morgan fingerprint density at radius 1 is 1.31 bits per heavy atom. The average molecular weight is 489 g/mol. The van der Waals surface area contributed by atoms with Crippen LogP contribution in [0.15, 0.2) is 48.0 Å². The zero-order valence-corrected chi connectivity index (χ0v) is 17.8. The Kier molecular flexibility index (Phi) is 7.44. The highest BCUT2D eigenvalue weighted by Crippen LogP contribution is 2.11. The van der Waals surface area contributed by atoms with Gasteiger partial charge in [-0.3, -0.25) is 4.99 Å². The van der Waals surface area contributed by atoms with Gasteiger partial charge in [0.15, 0.2) is 15.8 Å². The first-order chi connectivity index (χ1) is 12.0. The first kappa shape index (κ1) is 20.7. The number of rotatable bonds is 5. The maximum Gasteiger partial charge on any atom is 0.191 e. The Morgan fingerprint density at radius 2 is 2.04 bits per heavy atom. The Labute approximate surface area is 171 Å². The molecular weight excluding hydrogens is 465 g/mol. The van der Waals surface area contributed by atoms with Crippen LogP contribution < -0.4 is 10.6 Å². The fourth-order valence-electron chi connectivity index (χ4n) is 2.84. The van der Waals surface area contributed by atoms with E-state index in [1.54, 1.807) is 19.6 Å². The molecule has 0 radical (unpaired) electrons. The first-order valence-electron chi connectivity index (χ1n) is 8.25. The van der Waals surface area contributed by atoms with Crippen molar-refractivity contribution in [3.05, 3.63) is 54.1 Å². The third-order valence-electron chi connectivity index (χ3n) is 4.20. The molecule has 0 aliphatic carbocycles. The maximum absolute atomic E-state index is 11.5. The lowest BCUT2D eigenvalue weighted by molar-refractivity contribution is 0.599. The van der Waals surface area contributed by atoms with Crippen LogP contribution in [0.4, 0.5) is 0 Å². The second-order valence-electron chi connectivity index (χ2n) is 6.22. The number of aromatic nitrogens is 2. The third-order valence-corrected chi connectivity index (χ3v) is 5.97. The predicted octanol–water partition coefficient (Wildman–Crippen LogP) is 1.40. The van der Waals surface area contributed by atoms with Crippen LogP contribution in [0.1, 0.15) is 17.5 Å². The molecule has 1 fully saturated rings. The summed E-state index contributed by atoms with van der Waals surface area (Å²) in [6.45, 7) is 1.43. The number of nitrogens with one attached hydrogen (secondary N) is 2. The number of nitrogens with zero attached hydrogens (tertiary/aromatic N) is 3. The summed E-state index contributed by atoms with van der Waals surface area (Å²) in [4.78, 5) is 8.21. The highest BCUT2D eigenvalue weighted by Gasteiger charge is 2.28. The van der Waals surface area contributed by atoms with Crippen molar-refractivity contribution in [3.8, 4) is 0 Å². The summed E-state index contributed by atoms with van der Waals surface area (Å²) in [5, 5.41) is 6.42. The topological polar surface area (TPSA) is 88.4 Å². The molecule has 1 atom stereocenters. The second kappa shape index (κ2) is 9.36. The van der Waals surface area contributed by atoms with Gasteiger partial charge < -0.3 is 15.2 Å². The van der Waals surface area contributed by atoms with Crippen molar-refractivity contribution in [2.45, 2.75) is 25.6 Å². The van der Waals surface area contributed by atoms with Crippen molar-refractivity contribution in [2.24, 2.45) is 4.99 Å². The minimum Gasteiger partial charge on any atom is -0.353 e. The van der Waals surface area contributed by atoms with Crippen molar-refractivity contribution in [1.29, 1.82) is 0 Å². The number of sulfone groups is 1. The van der Waals surface area contributed by atoms with Gasteiger partial charge >= 0.3 is 0 Å². The summed E-state index contributed by atoms with van der Waals surface area (Å²) < 4.78 is 25.1. The highest BCUT2D eigenvalue weighted by molar-refractivity contribution is 14.0. The van der Waals surface area contributed by atoms with Gasteiger partial charge in [0.1, 0.15) is 0 Å². The SMILES string of the molecule is CN=C(NCc1ccc(Cn2ccnc2)cc1)NC1CCS(=O)(=O)C1.I. The Balaban J connectivity index is 0.00000243. The Morgan fingerprint density at radius 3 is 2.62 bits per heavy atom. The van der Waals surface area contributed by atoms with E-state index in [1.807, 2.05) is 10.8 Å². The smallest absolute Gasteiger partial charge is 0.191 e. The predicted molar refractivity (Wildman–Crippen MR) is 114 cm³/mol. The molecule has 1 aromatic heterocycles. The van der Waals surface area contributed by atoms with Gasteiger partial charge in [-0.15, -0.1) is 24.0 Å². The largest absolute Gasteiger partial charge is 0.353 e. The van der Waals surface area contributed by atoms with Crippen LogP contribution >= 0.6 is 24.0 Å². The summed E-state index contributed by atoms with van der Waals surface area (Å²) in [5.41, 5.74) is 2.34.